The molecule has 156 valence electrons. The lowest BCUT2D eigenvalue weighted by molar-refractivity contribution is -0.115. The van der Waals surface area contributed by atoms with Crippen molar-refractivity contribution in [1.29, 1.82) is 0 Å². The molecule has 0 saturated carbocycles. The summed E-state index contributed by atoms with van der Waals surface area (Å²) in [6.45, 7) is 4.71. The van der Waals surface area contributed by atoms with Gasteiger partial charge < -0.3 is 14.6 Å². The van der Waals surface area contributed by atoms with Gasteiger partial charge in [0.1, 0.15) is 5.76 Å². The third kappa shape index (κ3) is 5.10. The summed E-state index contributed by atoms with van der Waals surface area (Å²) in [6.07, 6.45) is 4.13. The molecule has 2 heterocycles. The molecule has 5 nitrogen and oxygen atoms in total. The Morgan fingerprint density at radius 1 is 1.03 bits per heavy atom. The van der Waals surface area contributed by atoms with Gasteiger partial charge in [-0.3, -0.25) is 10.1 Å². The molecule has 1 amide bonds. The highest BCUT2D eigenvalue weighted by Gasteiger charge is 2.18. The number of hydrogen-bond donors (Lipinski definition) is 2. The minimum atomic E-state index is -0.171. The van der Waals surface area contributed by atoms with Crippen molar-refractivity contribution < 1.29 is 9.21 Å². The van der Waals surface area contributed by atoms with Crippen LogP contribution in [0.5, 0.6) is 0 Å². The maximum Gasteiger partial charge on any atom is 0.238 e. The van der Waals surface area contributed by atoms with Crippen LogP contribution in [0.15, 0.2) is 77.4 Å². The lowest BCUT2D eigenvalue weighted by atomic mass is 9.99. The van der Waals surface area contributed by atoms with E-state index in [-0.39, 0.29) is 18.5 Å². The van der Waals surface area contributed by atoms with Gasteiger partial charge in [-0.2, -0.15) is 0 Å². The van der Waals surface area contributed by atoms with Crippen molar-refractivity contribution in [3.63, 3.8) is 0 Å². The van der Waals surface area contributed by atoms with E-state index < -0.39 is 0 Å². The Morgan fingerprint density at radius 2 is 1.77 bits per heavy atom. The first-order chi connectivity index (χ1) is 14.7. The van der Waals surface area contributed by atoms with E-state index in [2.05, 4.69) is 34.6 Å². The molecule has 5 heteroatoms. The van der Waals surface area contributed by atoms with Gasteiger partial charge in [0.15, 0.2) is 0 Å². The Labute approximate surface area is 178 Å². The van der Waals surface area contributed by atoms with Gasteiger partial charge >= 0.3 is 0 Å². The van der Waals surface area contributed by atoms with Gasteiger partial charge in [-0.05, 0) is 60.7 Å². The highest BCUT2D eigenvalue weighted by molar-refractivity contribution is 5.92. The number of amides is 1. The van der Waals surface area contributed by atoms with Crippen molar-refractivity contribution in [3.8, 4) is 0 Å². The Bertz CT molecular complexity index is 915. The molecule has 3 aromatic rings. The quantitative estimate of drug-likeness (QED) is 0.593. The summed E-state index contributed by atoms with van der Waals surface area (Å²) in [5, 5.41) is 6.29. The van der Waals surface area contributed by atoms with Crippen LogP contribution < -0.4 is 15.5 Å². The number of piperidine rings is 1. The van der Waals surface area contributed by atoms with Crippen LogP contribution in [0.25, 0.3) is 0 Å². The molecular formula is C25H29N3O2. The number of carbonyl (C=O) groups excluding carboxylic acids is 1. The molecule has 1 fully saturated rings. The zero-order valence-corrected chi connectivity index (χ0v) is 17.4. The number of nitrogens with zero attached hydrogens (tertiary/aromatic N) is 1. The molecule has 0 spiro atoms. The van der Waals surface area contributed by atoms with E-state index in [1.807, 2.05) is 54.6 Å². The maximum atomic E-state index is 12.5. The molecule has 1 atom stereocenters. The molecule has 1 aliphatic rings. The Kier molecular flexibility index (Phi) is 6.50. The van der Waals surface area contributed by atoms with Crippen LogP contribution in [-0.4, -0.2) is 25.5 Å². The van der Waals surface area contributed by atoms with Crippen LogP contribution in [-0.2, 0) is 4.79 Å². The number of hydrogen-bond acceptors (Lipinski definition) is 4. The van der Waals surface area contributed by atoms with Gasteiger partial charge in [0, 0.05) is 24.5 Å². The van der Waals surface area contributed by atoms with Gasteiger partial charge in [0.05, 0.1) is 18.8 Å². The van der Waals surface area contributed by atoms with Crippen LogP contribution in [0.3, 0.4) is 0 Å². The maximum absolute atomic E-state index is 12.5. The first-order valence-corrected chi connectivity index (χ1v) is 10.7. The van der Waals surface area contributed by atoms with Crippen LogP contribution in [0.2, 0.25) is 0 Å². The topological polar surface area (TPSA) is 57.5 Å². The van der Waals surface area contributed by atoms with Crippen molar-refractivity contribution in [3.05, 3.63) is 84.3 Å². The van der Waals surface area contributed by atoms with E-state index in [1.54, 1.807) is 6.26 Å². The van der Waals surface area contributed by atoms with Crippen LogP contribution in [0, 0.1) is 5.92 Å². The molecule has 30 heavy (non-hydrogen) atoms. The smallest absolute Gasteiger partial charge is 0.238 e. The number of anilines is 2. The molecule has 0 aliphatic carbocycles. The molecule has 2 N–H and O–H groups in total. The zero-order chi connectivity index (χ0) is 20.8. The zero-order valence-electron chi connectivity index (χ0n) is 17.4. The van der Waals surface area contributed by atoms with Gasteiger partial charge in [-0.15, -0.1) is 0 Å². The second-order valence-corrected chi connectivity index (χ2v) is 8.00. The molecule has 0 bridgehead atoms. The molecule has 1 saturated heterocycles. The number of carbonyl (C=O) groups is 1. The molecule has 1 aliphatic heterocycles. The molecule has 4 rings (SSSR count). The second kappa shape index (κ2) is 9.63. The first kappa shape index (κ1) is 20.2. The number of furan rings is 1. The molecular weight excluding hydrogens is 374 g/mol. The van der Waals surface area contributed by atoms with Crippen molar-refractivity contribution in [1.82, 2.24) is 5.32 Å². The van der Waals surface area contributed by atoms with E-state index in [0.29, 0.717) is 0 Å². The molecule has 1 aromatic heterocycles. The van der Waals surface area contributed by atoms with Crippen LogP contribution in [0.1, 0.15) is 37.1 Å². The summed E-state index contributed by atoms with van der Waals surface area (Å²) in [7, 11) is 0. The Hall–Kier alpha value is -3.05. The fourth-order valence-electron chi connectivity index (χ4n) is 3.91. The standard InChI is InChI=1S/C25H29N3O2/c1-19-13-15-28(16-14-19)22-11-9-21(10-12-22)27-24(29)18-26-25(23-8-5-17-30-23)20-6-3-2-4-7-20/h2-12,17,19,25-26H,13-16,18H2,1H3,(H,27,29)/t25-/m1/s1. The summed E-state index contributed by atoms with van der Waals surface area (Å²) in [5.74, 6) is 1.52. The summed E-state index contributed by atoms with van der Waals surface area (Å²) >= 11 is 0. The largest absolute Gasteiger partial charge is 0.467 e. The monoisotopic (exact) mass is 403 g/mol. The molecule has 0 radical (unpaired) electrons. The van der Waals surface area contributed by atoms with Gasteiger partial charge in [0.2, 0.25) is 5.91 Å². The third-order valence-corrected chi connectivity index (χ3v) is 5.73. The summed E-state index contributed by atoms with van der Waals surface area (Å²) in [5.41, 5.74) is 3.09. The average Bonchev–Trinajstić information content (AvgIpc) is 3.30. The molecule has 0 unspecified atom stereocenters. The minimum absolute atomic E-state index is 0.0814. The van der Waals surface area contributed by atoms with Crippen molar-refractivity contribution in [2.75, 3.05) is 29.9 Å². The van der Waals surface area contributed by atoms with Crippen LogP contribution >= 0.6 is 0 Å². The fourth-order valence-corrected chi connectivity index (χ4v) is 3.91. The van der Waals surface area contributed by atoms with Crippen molar-refractivity contribution in [2.45, 2.75) is 25.8 Å². The first-order valence-electron chi connectivity index (χ1n) is 10.7. The van der Waals surface area contributed by atoms with Crippen molar-refractivity contribution in [2.24, 2.45) is 5.92 Å². The number of nitrogens with one attached hydrogen (secondary N) is 2. The van der Waals surface area contributed by atoms with Crippen molar-refractivity contribution >= 4 is 17.3 Å². The summed E-state index contributed by atoms with van der Waals surface area (Å²) < 4.78 is 5.58. The lowest BCUT2D eigenvalue weighted by Crippen LogP contribution is -2.33. The predicted octanol–water partition coefficient (Wildman–Crippen LogP) is 4.83. The van der Waals surface area contributed by atoms with E-state index >= 15 is 0 Å². The lowest BCUT2D eigenvalue weighted by Gasteiger charge is -2.32. The summed E-state index contributed by atoms with van der Waals surface area (Å²) in [4.78, 5) is 14.9. The minimum Gasteiger partial charge on any atom is -0.467 e. The van der Waals surface area contributed by atoms with E-state index in [0.717, 1.165) is 36.0 Å². The summed E-state index contributed by atoms with van der Waals surface area (Å²) in [6, 6.07) is 21.7. The van der Waals surface area contributed by atoms with Gasteiger partial charge in [-0.25, -0.2) is 0 Å². The Balaban J connectivity index is 1.33. The van der Waals surface area contributed by atoms with E-state index in [4.69, 9.17) is 4.42 Å². The van der Waals surface area contributed by atoms with Crippen LogP contribution in [0.4, 0.5) is 11.4 Å². The third-order valence-electron chi connectivity index (χ3n) is 5.73. The normalized spacial score (nSPS) is 15.7. The second-order valence-electron chi connectivity index (χ2n) is 8.00. The van der Waals surface area contributed by atoms with E-state index in [9.17, 15) is 4.79 Å². The van der Waals surface area contributed by atoms with E-state index in [1.165, 1.54) is 18.5 Å². The van der Waals surface area contributed by atoms with Gasteiger partial charge in [-0.1, -0.05) is 37.3 Å². The highest BCUT2D eigenvalue weighted by Crippen LogP contribution is 2.25. The Morgan fingerprint density at radius 3 is 2.43 bits per heavy atom. The fraction of sp³-hybridized carbons (Fsp3) is 0.320. The number of rotatable bonds is 7. The van der Waals surface area contributed by atoms with Gasteiger partial charge in [0.25, 0.3) is 0 Å². The highest BCUT2D eigenvalue weighted by atomic mass is 16.3. The number of benzene rings is 2. The SMILES string of the molecule is CC1CCN(c2ccc(NC(=O)CN[C@H](c3ccccc3)c3ccco3)cc2)CC1. The predicted molar refractivity (Wildman–Crippen MR) is 121 cm³/mol. The average molecular weight is 404 g/mol. The molecule has 2 aromatic carbocycles.